The number of rotatable bonds is 3. The zero-order valence-electron chi connectivity index (χ0n) is 16.9. The minimum atomic E-state index is -0.999. The van der Waals surface area contributed by atoms with Crippen LogP contribution >= 0.6 is 0 Å². The van der Waals surface area contributed by atoms with E-state index in [-0.39, 0.29) is 30.3 Å². The van der Waals surface area contributed by atoms with Gasteiger partial charge in [0.1, 0.15) is 18.0 Å². The molecule has 2 aliphatic carbocycles. The number of hydrogen-bond donors (Lipinski definition) is 1. The van der Waals surface area contributed by atoms with Gasteiger partial charge in [0.15, 0.2) is 6.29 Å². The van der Waals surface area contributed by atoms with Gasteiger partial charge in [0.05, 0.1) is 30.7 Å². The topological polar surface area (TPSA) is 98.5 Å². The third kappa shape index (κ3) is 2.47. The summed E-state index contributed by atoms with van der Waals surface area (Å²) in [4.78, 5) is 25.3. The maximum atomic E-state index is 13.6. The lowest BCUT2D eigenvalue weighted by atomic mass is 9.43. The number of ether oxygens (including phenoxy) is 3. The van der Waals surface area contributed by atoms with Gasteiger partial charge in [0.25, 0.3) is 0 Å². The summed E-state index contributed by atoms with van der Waals surface area (Å²) >= 11 is 0. The van der Waals surface area contributed by atoms with Gasteiger partial charge in [-0.3, -0.25) is 9.59 Å². The predicted octanol–water partition coefficient (Wildman–Crippen LogP) is 2.77. The Balaban J connectivity index is 1.59. The molecule has 29 heavy (non-hydrogen) atoms. The molecule has 0 bridgehead atoms. The van der Waals surface area contributed by atoms with Gasteiger partial charge in [-0.05, 0) is 37.2 Å². The highest BCUT2D eigenvalue weighted by molar-refractivity contribution is 5.89. The average Bonchev–Trinajstić information content (AvgIpc) is 3.12. The highest BCUT2D eigenvalue weighted by Gasteiger charge is 2.77. The lowest BCUT2D eigenvalue weighted by molar-refractivity contribution is -0.223. The number of epoxide rings is 1. The number of carbonyl (C=O) groups excluding carboxylic acids is 2. The normalized spacial score (nSPS) is 46.1. The Morgan fingerprint density at radius 2 is 2.21 bits per heavy atom. The third-order valence-electron chi connectivity index (χ3n) is 8.24. The molecule has 0 radical (unpaired) electrons. The molecular weight excluding hydrogens is 376 g/mol. The Morgan fingerprint density at radius 1 is 1.41 bits per heavy atom. The minimum absolute atomic E-state index is 0.0173. The van der Waals surface area contributed by atoms with Crippen LogP contribution in [0.15, 0.2) is 23.0 Å². The van der Waals surface area contributed by atoms with E-state index in [0.717, 1.165) is 24.8 Å². The SMILES string of the molecule is CC(=O)OCC12C(=O)CC(C)C3(CC(c4ccoc4)OC3O)C1CCCC21CO1. The number of fused-ring (bicyclic) bond motifs is 3. The zero-order chi connectivity index (χ0) is 20.4. The summed E-state index contributed by atoms with van der Waals surface area (Å²) in [6.07, 6.45) is 5.36. The number of esters is 1. The van der Waals surface area contributed by atoms with Crippen LogP contribution in [0.1, 0.15) is 57.6 Å². The number of hydrogen-bond acceptors (Lipinski definition) is 7. The molecule has 7 atom stereocenters. The summed E-state index contributed by atoms with van der Waals surface area (Å²) in [5.74, 6) is -0.530. The Bertz CT molecular complexity index is 813. The first-order valence-corrected chi connectivity index (χ1v) is 10.5. The maximum Gasteiger partial charge on any atom is 0.302 e. The standard InChI is InChI=1S/C22H28O7/c1-13-8-18(24)22(12-27-14(2)23)17(4-3-6-20(22)11-28-20)21(13)9-16(29-19(21)25)15-5-7-26-10-15/h5,7,10,13,16-17,19,25H,3-4,6,8-9,11-12H2,1-2H3. The zero-order valence-corrected chi connectivity index (χ0v) is 16.9. The summed E-state index contributed by atoms with van der Waals surface area (Å²) in [5.41, 5.74) is -1.21. The van der Waals surface area contributed by atoms with Crippen LogP contribution in [0.4, 0.5) is 0 Å². The molecule has 7 nitrogen and oxygen atoms in total. The first-order chi connectivity index (χ1) is 13.9. The Labute approximate surface area is 169 Å². The highest BCUT2D eigenvalue weighted by atomic mass is 16.6. The molecule has 1 N–H and O–H groups in total. The van der Waals surface area contributed by atoms with Crippen molar-refractivity contribution in [1.29, 1.82) is 0 Å². The third-order valence-corrected chi connectivity index (χ3v) is 8.24. The van der Waals surface area contributed by atoms with E-state index in [1.165, 1.54) is 6.92 Å². The van der Waals surface area contributed by atoms with Crippen LogP contribution in [0.25, 0.3) is 0 Å². The Hall–Kier alpha value is -1.70. The largest absolute Gasteiger partial charge is 0.472 e. The van der Waals surface area contributed by atoms with Crippen LogP contribution in [-0.2, 0) is 23.8 Å². The van der Waals surface area contributed by atoms with E-state index < -0.39 is 28.7 Å². The molecule has 158 valence electrons. The van der Waals surface area contributed by atoms with E-state index in [0.29, 0.717) is 19.4 Å². The Morgan fingerprint density at radius 3 is 2.86 bits per heavy atom. The molecule has 5 rings (SSSR count). The molecule has 3 heterocycles. The fourth-order valence-electron chi connectivity index (χ4n) is 6.73. The smallest absolute Gasteiger partial charge is 0.302 e. The molecule has 7 unspecified atom stereocenters. The first kappa shape index (κ1) is 19.3. The maximum absolute atomic E-state index is 13.6. The second-order valence-electron chi connectivity index (χ2n) is 9.36. The molecule has 2 aliphatic heterocycles. The summed E-state index contributed by atoms with van der Waals surface area (Å²) in [7, 11) is 0. The van der Waals surface area contributed by atoms with Crippen LogP contribution in [0.2, 0.25) is 0 Å². The first-order valence-electron chi connectivity index (χ1n) is 10.5. The summed E-state index contributed by atoms with van der Waals surface area (Å²) in [6, 6.07) is 1.85. The van der Waals surface area contributed by atoms with Crippen molar-refractivity contribution in [3.05, 3.63) is 24.2 Å². The lowest BCUT2D eigenvalue weighted by Crippen LogP contribution is -2.67. The van der Waals surface area contributed by atoms with Crippen LogP contribution in [-0.4, -0.2) is 42.0 Å². The number of Topliss-reactive ketones (excluding diaryl/α,β-unsaturated/α-hetero) is 1. The van der Waals surface area contributed by atoms with E-state index in [1.54, 1.807) is 12.5 Å². The molecule has 0 amide bonds. The predicted molar refractivity (Wildman–Crippen MR) is 99.5 cm³/mol. The second kappa shape index (κ2) is 6.40. The van der Waals surface area contributed by atoms with Crippen molar-refractivity contribution in [3.63, 3.8) is 0 Å². The molecular formula is C22H28O7. The van der Waals surface area contributed by atoms with Crippen LogP contribution in [0, 0.1) is 22.7 Å². The van der Waals surface area contributed by atoms with Crippen molar-refractivity contribution in [1.82, 2.24) is 0 Å². The van der Waals surface area contributed by atoms with E-state index in [1.807, 2.05) is 13.0 Å². The number of ketones is 1. The van der Waals surface area contributed by atoms with Crippen molar-refractivity contribution in [2.24, 2.45) is 22.7 Å². The molecule has 7 heteroatoms. The molecule has 4 fully saturated rings. The Kier molecular flexibility index (Phi) is 4.25. The lowest BCUT2D eigenvalue weighted by Gasteiger charge is -2.59. The fraction of sp³-hybridized carbons (Fsp3) is 0.727. The average molecular weight is 404 g/mol. The molecule has 4 aliphatic rings. The van der Waals surface area contributed by atoms with Gasteiger partial charge in [-0.1, -0.05) is 13.3 Å². The number of carbonyl (C=O) groups is 2. The van der Waals surface area contributed by atoms with Crippen molar-refractivity contribution in [2.45, 2.75) is 63.9 Å². The highest BCUT2D eigenvalue weighted by Crippen LogP contribution is 2.70. The molecule has 2 saturated carbocycles. The molecule has 2 spiro atoms. The van der Waals surface area contributed by atoms with Gasteiger partial charge in [-0.2, -0.15) is 0 Å². The van der Waals surface area contributed by atoms with Crippen molar-refractivity contribution in [2.75, 3.05) is 13.2 Å². The molecule has 1 aromatic heterocycles. The van der Waals surface area contributed by atoms with E-state index in [4.69, 9.17) is 18.6 Å². The van der Waals surface area contributed by atoms with Gasteiger partial charge in [-0.15, -0.1) is 0 Å². The summed E-state index contributed by atoms with van der Waals surface area (Å²) in [5, 5.41) is 11.2. The van der Waals surface area contributed by atoms with Crippen molar-refractivity contribution in [3.8, 4) is 0 Å². The quantitative estimate of drug-likeness (QED) is 0.611. The van der Waals surface area contributed by atoms with Gasteiger partial charge >= 0.3 is 5.97 Å². The van der Waals surface area contributed by atoms with Crippen LogP contribution < -0.4 is 0 Å². The van der Waals surface area contributed by atoms with Crippen molar-refractivity contribution < 1.29 is 33.3 Å². The fourth-order valence-corrected chi connectivity index (χ4v) is 6.73. The van der Waals surface area contributed by atoms with E-state index in [2.05, 4.69) is 0 Å². The van der Waals surface area contributed by atoms with E-state index >= 15 is 0 Å². The number of aliphatic hydroxyl groups is 1. The number of furan rings is 1. The molecule has 2 saturated heterocycles. The second-order valence-corrected chi connectivity index (χ2v) is 9.36. The summed E-state index contributed by atoms with van der Waals surface area (Å²) < 4.78 is 22.7. The molecule has 1 aromatic rings. The van der Waals surface area contributed by atoms with E-state index in [9.17, 15) is 14.7 Å². The monoisotopic (exact) mass is 404 g/mol. The van der Waals surface area contributed by atoms with Crippen LogP contribution in [0.3, 0.4) is 0 Å². The minimum Gasteiger partial charge on any atom is -0.472 e. The van der Waals surface area contributed by atoms with Crippen LogP contribution in [0.5, 0.6) is 0 Å². The van der Waals surface area contributed by atoms with Gasteiger partial charge in [-0.25, -0.2) is 0 Å². The van der Waals surface area contributed by atoms with Gasteiger partial charge in [0, 0.05) is 24.3 Å². The van der Waals surface area contributed by atoms with Gasteiger partial charge in [0.2, 0.25) is 0 Å². The number of aliphatic hydroxyl groups excluding tert-OH is 1. The van der Waals surface area contributed by atoms with Crippen molar-refractivity contribution >= 4 is 11.8 Å². The van der Waals surface area contributed by atoms with Gasteiger partial charge < -0.3 is 23.7 Å². The molecule has 0 aromatic carbocycles. The summed E-state index contributed by atoms with van der Waals surface area (Å²) in [6.45, 7) is 3.92.